The molecule has 96 valence electrons. The Balaban J connectivity index is 1.92. The van der Waals surface area contributed by atoms with Gasteiger partial charge in [0.2, 0.25) is 0 Å². The van der Waals surface area contributed by atoms with Gasteiger partial charge < -0.3 is 4.74 Å². The third-order valence-electron chi connectivity index (χ3n) is 3.19. The first kappa shape index (κ1) is 12.0. The Morgan fingerprint density at radius 3 is 3.11 bits per heavy atom. The lowest BCUT2D eigenvalue weighted by atomic mass is 10.1. The number of aromatic nitrogens is 3. The summed E-state index contributed by atoms with van der Waals surface area (Å²) >= 11 is 3.30. The second kappa shape index (κ2) is 4.93. The average Bonchev–Trinajstić information content (AvgIpc) is 2.74. The summed E-state index contributed by atoms with van der Waals surface area (Å²) < 4.78 is 21.4. The van der Waals surface area contributed by atoms with Gasteiger partial charge in [0.15, 0.2) is 0 Å². The molecule has 1 aliphatic heterocycles. The second-order valence-electron chi connectivity index (χ2n) is 4.52. The molecule has 1 saturated heterocycles. The van der Waals surface area contributed by atoms with Crippen LogP contribution in [0.25, 0.3) is 11.0 Å². The van der Waals surface area contributed by atoms with E-state index in [2.05, 4.69) is 26.2 Å². The van der Waals surface area contributed by atoms with Gasteiger partial charge in [-0.3, -0.25) is 0 Å². The third kappa shape index (κ3) is 2.27. The normalized spacial score (nSPS) is 20.4. The largest absolute Gasteiger partial charge is 0.376 e. The fraction of sp³-hybridized carbons (Fsp3) is 0.500. The number of benzene rings is 1. The van der Waals surface area contributed by atoms with Gasteiger partial charge in [0.1, 0.15) is 11.3 Å². The summed E-state index contributed by atoms with van der Waals surface area (Å²) in [6.07, 6.45) is 3.48. The third-order valence-corrected chi connectivity index (χ3v) is 3.79. The lowest BCUT2D eigenvalue weighted by Crippen LogP contribution is -2.25. The Morgan fingerprint density at radius 2 is 2.33 bits per heavy atom. The van der Waals surface area contributed by atoms with Gasteiger partial charge in [-0.05, 0) is 41.3 Å². The molecule has 4 nitrogen and oxygen atoms in total. The zero-order valence-corrected chi connectivity index (χ0v) is 11.4. The maximum absolute atomic E-state index is 13.4. The predicted octanol–water partition coefficient (Wildman–Crippen LogP) is 2.90. The van der Waals surface area contributed by atoms with Crippen molar-refractivity contribution in [1.29, 1.82) is 0 Å². The molecule has 6 heteroatoms. The topological polar surface area (TPSA) is 39.9 Å². The minimum atomic E-state index is -0.289. The van der Waals surface area contributed by atoms with Crippen molar-refractivity contribution in [2.75, 3.05) is 6.61 Å². The molecule has 1 aromatic heterocycles. The fourth-order valence-electron chi connectivity index (χ4n) is 2.27. The number of fused-ring (bicyclic) bond motifs is 1. The van der Waals surface area contributed by atoms with Crippen molar-refractivity contribution in [2.24, 2.45) is 0 Å². The van der Waals surface area contributed by atoms with E-state index in [0.717, 1.165) is 19.4 Å². The Labute approximate surface area is 112 Å². The Kier molecular flexibility index (Phi) is 3.30. The Morgan fingerprint density at radius 1 is 1.44 bits per heavy atom. The van der Waals surface area contributed by atoms with Crippen LogP contribution in [0.1, 0.15) is 19.3 Å². The van der Waals surface area contributed by atoms with Gasteiger partial charge in [0.25, 0.3) is 0 Å². The molecule has 0 amide bonds. The van der Waals surface area contributed by atoms with Gasteiger partial charge >= 0.3 is 0 Å². The van der Waals surface area contributed by atoms with Crippen LogP contribution >= 0.6 is 15.9 Å². The zero-order valence-electron chi connectivity index (χ0n) is 9.77. The molecule has 18 heavy (non-hydrogen) atoms. The number of ether oxygens (including phenoxy) is 1. The van der Waals surface area contributed by atoms with Gasteiger partial charge in [-0.2, -0.15) is 0 Å². The van der Waals surface area contributed by atoms with Crippen LogP contribution in [0.5, 0.6) is 0 Å². The summed E-state index contributed by atoms with van der Waals surface area (Å²) in [4.78, 5) is 0. The van der Waals surface area contributed by atoms with Gasteiger partial charge in [0.05, 0.1) is 22.6 Å². The highest BCUT2D eigenvalue weighted by atomic mass is 79.9. The minimum Gasteiger partial charge on any atom is -0.376 e. The van der Waals surface area contributed by atoms with E-state index in [1.807, 2.05) is 0 Å². The van der Waals surface area contributed by atoms with Crippen LogP contribution in [0, 0.1) is 5.82 Å². The summed E-state index contributed by atoms with van der Waals surface area (Å²) in [5, 5.41) is 8.15. The van der Waals surface area contributed by atoms with Gasteiger partial charge in [-0.1, -0.05) is 5.21 Å². The van der Waals surface area contributed by atoms with E-state index in [0.29, 0.717) is 22.1 Å². The molecule has 0 bridgehead atoms. The maximum Gasteiger partial charge on any atom is 0.127 e. The van der Waals surface area contributed by atoms with E-state index in [4.69, 9.17) is 4.74 Å². The molecule has 1 unspecified atom stereocenters. The minimum absolute atomic E-state index is 0.158. The molecule has 1 aromatic carbocycles. The van der Waals surface area contributed by atoms with E-state index in [9.17, 15) is 4.39 Å². The number of rotatable bonds is 2. The summed E-state index contributed by atoms with van der Waals surface area (Å²) in [6.45, 7) is 1.43. The van der Waals surface area contributed by atoms with Crippen molar-refractivity contribution >= 4 is 27.0 Å². The van der Waals surface area contributed by atoms with Gasteiger partial charge in [0, 0.05) is 12.7 Å². The van der Waals surface area contributed by atoms with Crippen LogP contribution in [0.2, 0.25) is 0 Å². The first-order chi connectivity index (χ1) is 8.74. The first-order valence-corrected chi connectivity index (χ1v) is 6.83. The van der Waals surface area contributed by atoms with E-state index in [1.165, 1.54) is 18.6 Å². The van der Waals surface area contributed by atoms with Gasteiger partial charge in [-0.15, -0.1) is 5.10 Å². The average molecular weight is 314 g/mol. The van der Waals surface area contributed by atoms with Crippen molar-refractivity contribution in [3.8, 4) is 0 Å². The lowest BCUT2D eigenvalue weighted by molar-refractivity contribution is 0.00442. The SMILES string of the molecule is Fc1cc(Br)c2nnn(CC3CCCCO3)c2c1. The molecule has 1 aliphatic rings. The van der Waals surface area contributed by atoms with Crippen molar-refractivity contribution in [1.82, 2.24) is 15.0 Å². The summed E-state index contributed by atoms with van der Waals surface area (Å²) in [5.74, 6) is -0.289. The second-order valence-corrected chi connectivity index (χ2v) is 5.37. The number of hydrogen-bond donors (Lipinski definition) is 0. The van der Waals surface area contributed by atoms with Crippen molar-refractivity contribution in [3.05, 3.63) is 22.4 Å². The van der Waals surface area contributed by atoms with Crippen molar-refractivity contribution in [3.63, 3.8) is 0 Å². The zero-order chi connectivity index (χ0) is 12.5. The van der Waals surface area contributed by atoms with E-state index < -0.39 is 0 Å². The van der Waals surface area contributed by atoms with Crippen molar-refractivity contribution in [2.45, 2.75) is 31.9 Å². The summed E-state index contributed by atoms with van der Waals surface area (Å²) in [6, 6.07) is 2.86. The quantitative estimate of drug-likeness (QED) is 0.856. The molecule has 0 saturated carbocycles. The summed E-state index contributed by atoms with van der Waals surface area (Å²) in [5.41, 5.74) is 1.39. The number of nitrogens with zero attached hydrogens (tertiary/aromatic N) is 3. The maximum atomic E-state index is 13.4. The molecule has 3 rings (SSSR count). The van der Waals surface area contributed by atoms with E-state index >= 15 is 0 Å². The van der Waals surface area contributed by atoms with Crippen LogP contribution in [0.3, 0.4) is 0 Å². The van der Waals surface area contributed by atoms with Gasteiger partial charge in [-0.25, -0.2) is 9.07 Å². The highest BCUT2D eigenvalue weighted by Gasteiger charge is 2.17. The fourth-order valence-corrected chi connectivity index (χ4v) is 2.78. The van der Waals surface area contributed by atoms with Crippen LogP contribution in [-0.4, -0.2) is 27.7 Å². The molecule has 0 radical (unpaired) electrons. The van der Waals surface area contributed by atoms with Crippen LogP contribution in [0.15, 0.2) is 16.6 Å². The molecular formula is C12H13BrFN3O. The Bertz CT molecular complexity index is 566. The van der Waals surface area contributed by atoms with E-state index in [-0.39, 0.29) is 11.9 Å². The highest BCUT2D eigenvalue weighted by molar-refractivity contribution is 9.10. The molecule has 1 atom stereocenters. The number of halogens is 2. The molecular weight excluding hydrogens is 301 g/mol. The Hall–Kier alpha value is -1.01. The monoisotopic (exact) mass is 313 g/mol. The summed E-state index contributed by atoms with van der Waals surface area (Å²) in [7, 11) is 0. The molecule has 2 heterocycles. The standard InChI is InChI=1S/C12H13BrFN3O/c13-10-5-8(14)6-11-12(10)15-16-17(11)7-9-3-1-2-4-18-9/h5-6,9H,1-4,7H2. The van der Waals surface area contributed by atoms with Crippen LogP contribution in [0.4, 0.5) is 4.39 Å². The molecule has 0 spiro atoms. The smallest absolute Gasteiger partial charge is 0.127 e. The number of hydrogen-bond acceptors (Lipinski definition) is 3. The van der Waals surface area contributed by atoms with Crippen LogP contribution < -0.4 is 0 Å². The van der Waals surface area contributed by atoms with Crippen molar-refractivity contribution < 1.29 is 9.13 Å². The predicted molar refractivity (Wildman–Crippen MR) is 68.8 cm³/mol. The molecule has 0 aliphatic carbocycles. The molecule has 0 N–H and O–H groups in total. The highest BCUT2D eigenvalue weighted by Crippen LogP contribution is 2.24. The van der Waals surface area contributed by atoms with E-state index in [1.54, 1.807) is 4.68 Å². The molecule has 2 aromatic rings. The first-order valence-electron chi connectivity index (χ1n) is 6.04. The van der Waals surface area contributed by atoms with Crippen LogP contribution in [-0.2, 0) is 11.3 Å². The molecule has 1 fully saturated rings. The lowest BCUT2D eigenvalue weighted by Gasteiger charge is -2.22.